The number of hydrogen-bond donors (Lipinski definition) is 1. The molecule has 4 nitrogen and oxygen atoms in total. The maximum absolute atomic E-state index is 13.8. The van der Waals surface area contributed by atoms with Gasteiger partial charge in [0.1, 0.15) is 18.2 Å². The van der Waals surface area contributed by atoms with Crippen molar-refractivity contribution in [2.75, 3.05) is 26.7 Å². The lowest BCUT2D eigenvalue weighted by Gasteiger charge is -2.28. The van der Waals surface area contributed by atoms with Gasteiger partial charge in [0.15, 0.2) is 0 Å². The Morgan fingerprint density at radius 3 is 2.77 bits per heavy atom. The predicted molar refractivity (Wildman–Crippen MR) is 79.4 cm³/mol. The van der Waals surface area contributed by atoms with E-state index in [4.69, 9.17) is 4.74 Å². The van der Waals surface area contributed by atoms with Gasteiger partial charge in [-0.05, 0) is 51.1 Å². The SMILES string of the molecule is CC(c1cc(F)ccc1F)N(C)C(=O)COC1CCNCC1. The van der Waals surface area contributed by atoms with Crippen LogP contribution in [0.1, 0.15) is 31.4 Å². The van der Waals surface area contributed by atoms with Crippen molar-refractivity contribution >= 4 is 5.91 Å². The summed E-state index contributed by atoms with van der Waals surface area (Å²) in [6.45, 7) is 3.40. The average Bonchev–Trinajstić information content (AvgIpc) is 2.54. The first kappa shape index (κ1) is 16.8. The molecule has 0 aromatic heterocycles. The summed E-state index contributed by atoms with van der Waals surface area (Å²) < 4.78 is 32.6. The average molecular weight is 312 g/mol. The van der Waals surface area contributed by atoms with Crippen molar-refractivity contribution in [3.63, 3.8) is 0 Å². The van der Waals surface area contributed by atoms with Crippen molar-refractivity contribution in [3.05, 3.63) is 35.4 Å². The highest BCUT2D eigenvalue weighted by Gasteiger charge is 2.22. The van der Waals surface area contributed by atoms with E-state index in [2.05, 4.69) is 5.32 Å². The van der Waals surface area contributed by atoms with Crippen molar-refractivity contribution in [1.82, 2.24) is 10.2 Å². The third kappa shape index (κ3) is 4.24. The van der Waals surface area contributed by atoms with Crippen molar-refractivity contribution in [2.24, 2.45) is 0 Å². The van der Waals surface area contributed by atoms with Crippen molar-refractivity contribution in [1.29, 1.82) is 0 Å². The maximum atomic E-state index is 13.8. The Bertz CT molecular complexity index is 519. The second-order valence-electron chi connectivity index (χ2n) is 5.61. The molecule has 2 rings (SSSR count). The molecule has 122 valence electrons. The number of carbonyl (C=O) groups is 1. The zero-order valence-electron chi connectivity index (χ0n) is 12.9. The quantitative estimate of drug-likeness (QED) is 0.907. The highest BCUT2D eigenvalue weighted by atomic mass is 19.1. The Morgan fingerprint density at radius 1 is 1.41 bits per heavy atom. The van der Waals surface area contributed by atoms with Crippen molar-refractivity contribution in [2.45, 2.75) is 31.9 Å². The van der Waals surface area contributed by atoms with Gasteiger partial charge in [0, 0.05) is 12.6 Å². The normalized spacial score (nSPS) is 17.3. The summed E-state index contributed by atoms with van der Waals surface area (Å²) in [5.74, 6) is -1.28. The molecule has 0 aliphatic carbocycles. The molecule has 1 amide bonds. The number of ether oxygens (including phenoxy) is 1. The Balaban J connectivity index is 1.92. The molecule has 6 heteroatoms. The minimum Gasteiger partial charge on any atom is -0.368 e. The van der Waals surface area contributed by atoms with Gasteiger partial charge in [0.2, 0.25) is 5.91 Å². The third-order valence-electron chi connectivity index (χ3n) is 4.11. The summed E-state index contributed by atoms with van der Waals surface area (Å²) in [4.78, 5) is 13.6. The van der Waals surface area contributed by atoms with Crippen LogP contribution in [0, 0.1) is 11.6 Å². The van der Waals surface area contributed by atoms with E-state index in [9.17, 15) is 13.6 Å². The van der Waals surface area contributed by atoms with Crippen LogP contribution < -0.4 is 5.32 Å². The van der Waals surface area contributed by atoms with E-state index in [1.54, 1.807) is 14.0 Å². The van der Waals surface area contributed by atoms with E-state index in [0.717, 1.165) is 44.1 Å². The minimum absolute atomic E-state index is 0.0392. The number of hydrogen-bond acceptors (Lipinski definition) is 3. The molecular formula is C16H22F2N2O2. The first-order valence-electron chi connectivity index (χ1n) is 7.52. The van der Waals surface area contributed by atoms with Gasteiger partial charge in [-0.3, -0.25) is 4.79 Å². The molecule has 1 aliphatic heterocycles. The number of amides is 1. The van der Waals surface area contributed by atoms with Crippen LogP contribution in [0.15, 0.2) is 18.2 Å². The van der Waals surface area contributed by atoms with E-state index in [1.165, 1.54) is 4.90 Å². The Morgan fingerprint density at radius 2 is 2.09 bits per heavy atom. The molecule has 1 atom stereocenters. The summed E-state index contributed by atoms with van der Waals surface area (Å²) in [7, 11) is 1.57. The third-order valence-corrected chi connectivity index (χ3v) is 4.11. The van der Waals surface area contributed by atoms with Crippen LogP contribution in [-0.4, -0.2) is 43.7 Å². The summed E-state index contributed by atoms with van der Waals surface area (Å²) in [6.07, 6.45) is 1.84. The van der Waals surface area contributed by atoms with Crippen LogP contribution in [-0.2, 0) is 9.53 Å². The molecule has 0 saturated carbocycles. The summed E-state index contributed by atoms with van der Waals surface area (Å²) in [6, 6.07) is 2.70. The second-order valence-corrected chi connectivity index (χ2v) is 5.61. The highest BCUT2D eigenvalue weighted by molar-refractivity contribution is 5.77. The maximum Gasteiger partial charge on any atom is 0.248 e. The lowest BCUT2D eigenvalue weighted by Crippen LogP contribution is -2.37. The number of benzene rings is 1. The molecule has 1 saturated heterocycles. The lowest BCUT2D eigenvalue weighted by atomic mass is 10.1. The molecule has 22 heavy (non-hydrogen) atoms. The van der Waals surface area contributed by atoms with E-state index in [1.807, 2.05) is 0 Å². The van der Waals surface area contributed by atoms with Gasteiger partial charge in [0.25, 0.3) is 0 Å². The fourth-order valence-corrected chi connectivity index (χ4v) is 2.51. The van der Waals surface area contributed by atoms with Gasteiger partial charge in [0.05, 0.1) is 12.1 Å². The number of rotatable bonds is 5. The second kappa shape index (κ2) is 7.65. The van der Waals surface area contributed by atoms with E-state index in [-0.39, 0.29) is 24.2 Å². The number of halogens is 2. The predicted octanol–water partition coefficient (Wildman–Crippen LogP) is 2.25. The number of nitrogens with zero attached hydrogens (tertiary/aromatic N) is 1. The largest absolute Gasteiger partial charge is 0.368 e. The highest BCUT2D eigenvalue weighted by Crippen LogP contribution is 2.23. The molecule has 0 spiro atoms. The van der Waals surface area contributed by atoms with Crippen LogP contribution in [0.5, 0.6) is 0 Å². The molecule has 1 unspecified atom stereocenters. The molecule has 0 radical (unpaired) electrons. The Kier molecular flexibility index (Phi) is 5.85. The number of carbonyl (C=O) groups excluding carboxylic acids is 1. The van der Waals surface area contributed by atoms with Gasteiger partial charge >= 0.3 is 0 Å². The molecule has 1 aromatic carbocycles. The van der Waals surface area contributed by atoms with Gasteiger partial charge < -0.3 is 15.0 Å². The van der Waals surface area contributed by atoms with E-state index >= 15 is 0 Å². The molecule has 0 bridgehead atoms. The minimum atomic E-state index is -0.556. The molecule has 1 N–H and O–H groups in total. The first-order valence-corrected chi connectivity index (χ1v) is 7.52. The molecule has 1 aliphatic rings. The number of likely N-dealkylation sites (N-methyl/N-ethyl adjacent to an activating group) is 1. The Labute approximate surface area is 129 Å². The monoisotopic (exact) mass is 312 g/mol. The lowest BCUT2D eigenvalue weighted by molar-refractivity contribution is -0.139. The first-order chi connectivity index (χ1) is 10.5. The Hall–Kier alpha value is -1.53. The van der Waals surface area contributed by atoms with Crippen LogP contribution >= 0.6 is 0 Å². The standard InChI is InChI=1S/C16H22F2N2O2/c1-11(14-9-12(17)3-4-15(14)18)20(2)16(21)10-22-13-5-7-19-8-6-13/h3-4,9,11,13,19H,5-8,10H2,1-2H3. The molecule has 1 fully saturated rings. The van der Waals surface area contributed by atoms with Crippen LogP contribution in [0.3, 0.4) is 0 Å². The van der Waals surface area contributed by atoms with E-state index in [0.29, 0.717) is 0 Å². The summed E-state index contributed by atoms with van der Waals surface area (Å²) in [5, 5.41) is 3.22. The number of nitrogens with one attached hydrogen (secondary N) is 1. The molecule has 1 aromatic rings. The topological polar surface area (TPSA) is 41.6 Å². The van der Waals surface area contributed by atoms with Gasteiger partial charge in [-0.1, -0.05) is 0 Å². The molecular weight excluding hydrogens is 290 g/mol. The summed E-state index contributed by atoms with van der Waals surface area (Å²) >= 11 is 0. The van der Waals surface area contributed by atoms with Crippen molar-refractivity contribution < 1.29 is 18.3 Å². The van der Waals surface area contributed by atoms with Crippen LogP contribution in [0.25, 0.3) is 0 Å². The fourth-order valence-electron chi connectivity index (χ4n) is 2.51. The van der Waals surface area contributed by atoms with Gasteiger partial charge in [-0.25, -0.2) is 8.78 Å². The summed E-state index contributed by atoms with van der Waals surface area (Å²) in [5.41, 5.74) is 0.165. The zero-order chi connectivity index (χ0) is 16.1. The number of piperidine rings is 1. The molecule has 1 heterocycles. The van der Waals surface area contributed by atoms with Crippen molar-refractivity contribution in [3.8, 4) is 0 Å². The van der Waals surface area contributed by atoms with Crippen LogP contribution in [0.2, 0.25) is 0 Å². The zero-order valence-corrected chi connectivity index (χ0v) is 12.9. The fraction of sp³-hybridized carbons (Fsp3) is 0.562. The van der Waals surface area contributed by atoms with E-state index < -0.39 is 17.7 Å². The van der Waals surface area contributed by atoms with Gasteiger partial charge in [-0.15, -0.1) is 0 Å². The smallest absolute Gasteiger partial charge is 0.248 e. The van der Waals surface area contributed by atoms with Crippen LogP contribution in [0.4, 0.5) is 8.78 Å². The van der Waals surface area contributed by atoms with Gasteiger partial charge in [-0.2, -0.15) is 0 Å².